The molecule has 1 atom stereocenters. The summed E-state index contributed by atoms with van der Waals surface area (Å²) in [4.78, 5) is 17.4. The Bertz CT molecular complexity index is 1060. The van der Waals surface area contributed by atoms with Crippen molar-refractivity contribution in [2.45, 2.75) is 53.0 Å². The third-order valence-electron chi connectivity index (χ3n) is 5.32. The molecular weight excluding hydrogens is 407 g/mol. The number of carbonyl (C=O) groups is 1. The summed E-state index contributed by atoms with van der Waals surface area (Å²) in [6.45, 7) is 8.90. The predicted octanol–water partition coefficient (Wildman–Crippen LogP) is 4.86. The number of halogens is 3. The zero-order valence-electron chi connectivity index (χ0n) is 17.9. The molecule has 0 saturated carbocycles. The van der Waals surface area contributed by atoms with E-state index in [1.165, 1.54) is 18.3 Å². The number of amides is 1. The number of carbonyl (C=O) groups excluding carboxylic acids is 1. The van der Waals surface area contributed by atoms with Crippen LogP contribution in [0.3, 0.4) is 0 Å². The molecule has 1 amide bonds. The lowest BCUT2D eigenvalue weighted by molar-refractivity contribution is -0.137. The predicted molar refractivity (Wildman–Crippen MR) is 114 cm³/mol. The van der Waals surface area contributed by atoms with Crippen LogP contribution in [-0.4, -0.2) is 26.7 Å². The third-order valence-corrected chi connectivity index (χ3v) is 5.32. The molecule has 3 rings (SSSR count). The normalized spacial score (nSPS) is 12.9. The molecule has 2 aromatic heterocycles. The Morgan fingerprint density at radius 3 is 2.39 bits per heavy atom. The van der Waals surface area contributed by atoms with Crippen LogP contribution in [0.15, 0.2) is 36.7 Å². The standard InChI is InChI=1S/C22H26F3N5O/c1-5-30-20-17(12-28-30)19(29-14(4)13(2)3)18(11-26-20)21(31)27-10-15-6-8-16(9-7-15)22(23,24)25/h6-9,11-14H,5,10H2,1-4H3,(H,26,29)(H,27,31)/t14-/m0/s1. The van der Waals surface area contributed by atoms with Crippen molar-refractivity contribution in [3.8, 4) is 0 Å². The summed E-state index contributed by atoms with van der Waals surface area (Å²) in [5, 5.41) is 11.3. The molecule has 0 radical (unpaired) electrons. The van der Waals surface area contributed by atoms with Gasteiger partial charge in [0.25, 0.3) is 5.91 Å². The van der Waals surface area contributed by atoms with Gasteiger partial charge in [0, 0.05) is 25.3 Å². The number of nitrogens with one attached hydrogen (secondary N) is 2. The van der Waals surface area contributed by atoms with E-state index in [2.05, 4.69) is 34.6 Å². The number of nitrogens with zero attached hydrogens (tertiary/aromatic N) is 3. The summed E-state index contributed by atoms with van der Waals surface area (Å²) in [6.07, 6.45) is -1.19. The Balaban J connectivity index is 1.85. The molecule has 0 fully saturated rings. The van der Waals surface area contributed by atoms with E-state index in [9.17, 15) is 18.0 Å². The third kappa shape index (κ3) is 4.98. The maximum Gasteiger partial charge on any atom is 0.416 e. The Labute approximate surface area is 178 Å². The van der Waals surface area contributed by atoms with Gasteiger partial charge < -0.3 is 10.6 Å². The van der Waals surface area contributed by atoms with Crippen molar-refractivity contribution in [1.29, 1.82) is 0 Å². The van der Waals surface area contributed by atoms with E-state index in [0.717, 1.165) is 17.5 Å². The quantitative estimate of drug-likeness (QED) is 0.558. The number of aryl methyl sites for hydroxylation is 1. The van der Waals surface area contributed by atoms with Gasteiger partial charge in [0.05, 0.1) is 28.4 Å². The number of anilines is 1. The molecule has 0 aliphatic carbocycles. The minimum absolute atomic E-state index is 0.0945. The van der Waals surface area contributed by atoms with Crippen molar-refractivity contribution >= 4 is 22.6 Å². The topological polar surface area (TPSA) is 71.8 Å². The fraction of sp³-hybridized carbons (Fsp3) is 0.409. The minimum Gasteiger partial charge on any atom is -0.381 e. The van der Waals surface area contributed by atoms with Crippen LogP contribution in [0.2, 0.25) is 0 Å². The highest BCUT2D eigenvalue weighted by atomic mass is 19.4. The van der Waals surface area contributed by atoms with Gasteiger partial charge in [-0.3, -0.25) is 4.79 Å². The number of aromatic nitrogens is 3. The maximum absolute atomic E-state index is 12.9. The van der Waals surface area contributed by atoms with Crippen LogP contribution in [0.1, 0.15) is 49.2 Å². The molecular formula is C22H26F3N5O. The van der Waals surface area contributed by atoms with E-state index < -0.39 is 11.7 Å². The fourth-order valence-corrected chi connectivity index (χ4v) is 3.07. The molecule has 6 nitrogen and oxygen atoms in total. The van der Waals surface area contributed by atoms with Crippen LogP contribution >= 0.6 is 0 Å². The summed E-state index contributed by atoms with van der Waals surface area (Å²) >= 11 is 0. The zero-order chi connectivity index (χ0) is 22.8. The molecule has 1 aromatic carbocycles. The Kier molecular flexibility index (Phi) is 6.52. The molecule has 0 unspecified atom stereocenters. The van der Waals surface area contributed by atoms with E-state index in [1.807, 2.05) is 13.8 Å². The van der Waals surface area contributed by atoms with Crippen molar-refractivity contribution in [3.63, 3.8) is 0 Å². The zero-order valence-corrected chi connectivity index (χ0v) is 17.9. The lowest BCUT2D eigenvalue weighted by atomic mass is 10.0. The first-order valence-corrected chi connectivity index (χ1v) is 10.2. The van der Waals surface area contributed by atoms with E-state index in [-0.39, 0.29) is 18.5 Å². The van der Waals surface area contributed by atoms with Gasteiger partial charge in [0.15, 0.2) is 5.65 Å². The van der Waals surface area contributed by atoms with E-state index >= 15 is 0 Å². The van der Waals surface area contributed by atoms with Crippen LogP contribution in [0.5, 0.6) is 0 Å². The number of pyridine rings is 1. The van der Waals surface area contributed by atoms with Crippen LogP contribution in [0, 0.1) is 5.92 Å². The number of alkyl halides is 3. The van der Waals surface area contributed by atoms with Crippen LogP contribution in [-0.2, 0) is 19.3 Å². The average molecular weight is 433 g/mol. The van der Waals surface area contributed by atoms with Crippen molar-refractivity contribution in [2.24, 2.45) is 5.92 Å². The average Bonchev–Trinajstić information content (AvgIpc) is 3.15. The van der Waals surface area contributed by atoms with Gasteiger partial charge in [-0.05, 0) is 37.5 Å². The highest BCUT2D eigenvalue weighted by Crippen LogP contribution is 2.30. The molecule has 0 aliphatic heterocycles. The smallest absolute Gasteiger partial charge is 0.381 e. The molecule has 2 heterocycles. The van der Waals surface area contributed by atoms with Crippen molar-refractivity contribution in [3.05, 3.63) is 53.3 Å². The van der Waals surface area contributed by atoms with Crippen LogP contribution < -0.4 is 10.6 Å². The monoisotopic (exact) mass is 433 g/mol. The Morgan fingerprint density at radius 2 is 1.81 bits per heavy atom. The van der Waals surface area contributed by atoms with Crippen LogP contribution in [0.25, 0.3) is 11.0 Å². The molecule has 3 aromatic rings. The highest BCUT2D eigenvalue weighted by molar-refractivity contribution is 6.06. The van der Waals surface area contributed by atoms with E-state index in [4.69, 9.17) is 0 Å². The molecule has 166 valence electrons. The van der Waals surface area contributed by atoms with Gasteiger partial charge in [-0.25, -0.2) is 9.67 Å². The van der Waals surface area contributed by atoms with Crippen molar-refractivity contribution < 1.29 is 18.0 Å². The van der Waals surface area contributed by atoms with E-state index in [1.54, 1.807) is 10.9 Å². The first-order valence-electron chi connectivity index (χ1n) is 10.2. The Morgan fingerprint density at radius 1 is 1.13 bits per heavy atom. The first kappa shape index (κ1) is 22.6. The molecule has 0 bridgehead atoms. The molecule has 0 aliphatic rings. The maximum atomic E-state index is 12.9. The van der Waals surface area contributed by atoms with Crippen molar-refractivity contribution in [2.75, 3.05) is 5.32 Å². The van der Waals surface area contributed by atoms with Gasteiger partial charge in [-0.2, -0.15) is 18.3 Å². The SMILES string of the molecule is CCn1ncc2c(N[C@@H](C)C(C)C)c(C(=O)NCc3ccc(C(F)(F)F)cc3)cnc21. The van der Waals surface area contributed by atoms with Gasteiger partial charge in [-0.15, -0.1) is 0 Å². The molecule has 9 heteroatoms. The van der Waals surface area contributed by atoms with Crippen LogP contribution in [0.4, 0.5) is 18.9 Å². The Hall–Kier alpha value is -3.10. The number of fused-ring (bicyclic) bond motifs is 1. The number of benzene rings is 1. The second-order valence-electron chi connectivity index (χ2n) is 7.80. The van der Waals surface area contributed by atoms with E-state index in [0.29, 0.717) is 34.9 Å². The lowest BCUT2D eigenvalue weighted by Crippen LogP contribution is -2.27. The first-order chi connectivity index (χ1) is 14.6. The summed E-state index contributed by atoms with van der Waals surface area (Å²) < 4.78 is 39.9. The second kappa shape index (κ2) is 8.95. The largest absolute Gasteiger partial charge is 0.416 e. The summed E-state index contributed by atoms with van der Waals surface area (Å²) in [7, 11) is 0. The molecule has 2 N–H and O–H groups in total. The minimum atomic E-state index is -4.39. The fourth-order valence-electron chi connectivity index (χ4n) is 3.07. The molecule has 31 heavy (non-hydrogen) atoms. The summed E-state index contributed by atoms with van der Waals surface area (Å²) in [5.74, 6) is -0.0375. The van der Waals surface area contributed by atoms with Crippen molar-refractivity contribution in [1.82, 2.24) is 20.1 Å². The second-order valence-corrected chi connectivity index (χ2v) is 7.80. The van der Waals surface area contributed by atoms with Gasteiger partial charge in [0.1, 0.15) is 0 Å². The van der Waals surface area contributed by atoms with Gasteiger partial charge in [-0.1, -0.05) is 26.0 Å². The number of rotatable bonds is 7. The number of hydrogen-bond donors (Lipinski definition) is 2. The highest BCUT2D eigenvalue weighted by Gasteiger charge is 2.30. The summed E-state index contributed by atoms with van der Waals surface area (Å²) in [5.41, 5.74) is 1.54. The molecule has 0 spiro atoms. The molecule has 0 saturated heterocycles. The summed E-state index contributed by atoms with van der Waals surface area (Å²) in [6, 6.07) is 4.82. The van der Waals surface area contributed by atoms with Gasteiger partial charge >= 0.3 is 6.18 Å². The van der Waals surface area contributed by atoms with Gasteiger partial charge in [0.2, 0.25) is 0 Å². The lowest BCUT2D eigenvalue weighted by Gasteiger charge is -2.21. The number of hydrogen-bond acceptors (Lipinski definition) is 4.